The SMILES string of the molecule is CCCCNC(=O)[C@@H](CC)N(Cc1cccc(C)c1)C(=O)CN(c1ccccc1OCC)S(=O)(=O)c1ccc(C)cc1. The summed E-state index contributed by atoms with van der Waals surface area (Å²) in [4.78, 5) is 29.1. The highest BCUT2D eigenvalue weighted by atomic mass is 32.2. The van der Waals surface area contributed by atoms with Crippen molar-refractivity contribution in [3.05, 3.63) is 89.5 Å². The van der Waals surface area contributed by atoms with Gasteiger partial charge in [0.1, 0.15) is 18.3 Å². The van der Waals surface area contributed by atoms with E-state index in [1.54, 1.807) is 36.4 Å². The summed E-state index contributed by atoms with van der Waals surface area (Å²) < 4.78 is 35.1. The van der Waals surface area contributed by atoms with E-state index in [-0.39, 0.29) is 23.0 Å². The van der Waals surface area contributed by atoms with Crippen LogP contribution in [0.4, 0.5) is 5.69 Å². The van der Waals surface area contributed by atoms with E-state index in [9.17, 15) is 18.0 Å². The van der Waals surface area contributed by atoms with E-state index < -0.39 is 28.5 Å². The molecule has 3 aromatic carbocycles. The third-order valence-corrected chi connectivity index (χ3v) is 8.75. The number of rotatable bonds is 15. The zero-order valence-corrected chi connectivity index (χ0v) is 26.1. The van der Waals surface area contributed by atoms with Crippen molar-refractivity contribution < 1.29 is 22.7 Å². The smallest absolute Gasteiger partial charge is 0.264 e. The summed E-state index contributed by atoms with van der Waals surface area (Å²) in [5.41, 5.74) is 3.04. The number of hydrogen-bond acceptors (Lipinski definition) is 5. The number of aryl methyl sites for hydroxylation is 2. The Labute approximate surface area is 250 Å². The third-order valence-electron chi connectivity index (χ3n) is 6.97. The van der Waals surface area contributed by atoms with Gasteiger partial charge in [-0.3, -0.25) is 13.9 Å². The van der Waals surface area contributed by atoms with E-state index in [0.717, 1.165) is 33.8 Å². The maximum Gasteiger partial charge on any atom is 0.264 e. The average molecular weight is 594 g/mol. The number of anilines is 1. The number of nitrogens with one attached hydrogen (secondary N) is 1. The number of para-hydroxylation sites is 2. The van der Waals surface area contributed by atoms with Crippen molar-refractivity contribution in [1.82, 2.24) is 10.2 Å². The molecule has 0 aliphatic carbocycles. The number of benzene rings is 3. The Morgan fingerprint density at radius 1 is 0.905 bits per heavy atom. The fourth-order valence-electron chi connectivity index (χ4n) is 4.72. The zero-order chi connectivity index (χ0) is 30.7. The van der Waals surface area contributed by atoms with Gasteiger partial charge in [0.15, 0.2) is 0 Å². The molecule has 1 N–H and O–H groups in total. The number of carbonyl (C=O) groups is 2. The molecule has 0 bridgehead atoms. The molecular formula is C33H43N3O5S. The van der Waals surface area contributed by atoms with E-state index in [1.165, 1.54) is 17.0 Å². The van der Waals surface area contributed by atoms with Crippen LogP contribution in [0.15, 0.2) is 77.7 Å². The lowest BCUT2D eigenvalue weighted by atomic mass is 10.1. The van der Waals surface area contributed by atoms with Gasteiger partial charge < -0.3 is 15.0 Å². The van der Waals surface area contributed by atoms with Crippen LogP contribution in [0.2, 0.25) is 0 Å². The van der Waals surface area contributed by atoms with Gasteiger partial charge in [0.05, 0.1) is 17.2 Å². The standard InChI is InChI=1S/C33H43N3O5S/c1-6-9-21-34-33(38)29(7-2)35(23-27-14-12-13-26(5)22-27)32(37)24-36(30-15-10-11-16-31(30)41-8-3)42(39,40)28-19-17-25(4)18-20-28/h10-20,22,29H,6-9,21,23-24H2,1-5H3,(H,34,38)/t29-/m1/s1. The van der Waals surface area contributed by atoms with Gasteiger partial charge in [0.2, 0.25) is 11.8 Å². The Bertz CT molecular complexity index is 1440. The number of amides is 2. The van der Waals surface area contributed by atoms with Crippen LogP contribution >= 0.6 is 0 Å². The van der Waals surface area contributed by atoms with Crippen molar-refractivity contribution in [3.63, 3.8) is 0 Å². The molecule has 8 nitrogen and oxygen atoms in total. The predicted octanol–water partition coefficient (Wildman–Crippen LogP) is 5.62. The molecule has 0 saturated heterocycles. The molecule has 0 heterocycles. The first-order valence-corrected chi connectivity index (χ1v) is 16.0. The quantitative estimate of drug-likeness (QED) is 0.231. The molecule has 0 aliphatic heterocycles. The van der Waals surface area contributed by atoms with Crippen molar-refractivity contribution in [2.45, 2.75) is 71.4 Å². The highest BCUT2D eigenvalue weighted by Gasteiger charge is 2.34. The molecule has 3 rings (SSSR count). The minimum atomic E-state index is -4.18. The third kappa shape index (κ3) is 8.35. The Morgan fingerprint density at radius 3 is 2.26 bits per heavy atom. The van der Waals surface area contributed by atoms with Gasteiger partial charge in [0.25, 0.3) is 10.0 Å². The van der Waals surface area contributed by atoms with Crippen LogP contribution < -0.4 is 14.4 Å². The molecule has 42 heavy (non-hydrogen) atoms. The number of sulfonamides is 1. The maximum absolute atomic E-state index is 14.3. The van der Waals surface area contributed by atoms with E-state index >= 15 is 0 Å². The van der Waals surface area contributed by atoms with E-state index in [1.807, 2.05) is 58.9 Å². The van der Waals surface area contributed by atoms with Gasteiger partial charge in [-0.05, 0) is 63.4 Å². The van der Waals surface area contributed by atoms with Crippen molar-refractivity contribution in [2.75, 3.05) is 24.0 Å². The maximum atomic E-state index is 14.3. The number of carbonyl (C=O) groups excluding carboxylic acids is 2. The van der Waals surface area contributed by atoms with Crippen LogP contribution in [-0.4, -0.2) is 50.9 Å². The Kier molecular flexibility index (Phi) is 12.0. The molecule has 0 spiro atoms. The summed E-state index contributed by atoms with van der Waals surface area (Å²) in [5.74, 6) is -0.399. The van der Waals surface area contributed by atoms with Gasteiger partial charge in [0, 0.05) is 13.1 Å². The number of ether oxygens (including phenoxy) is 1. The first kappa shape index (κ1) is 32.7. The summed E-state index contributed by atoms with van der Waals surface area (Å²) >= 11 is 0. The molecule has 0 fully saturated rings. The van der Waals surface area contributed by atoms with Crippen LogP contribution in [0.1, 0.15) is 56.7 Å². The molecule has 0 unspecified atom stereocenters. The summed E-state index contributed by atoms with van der Waals surface area (Å²) in [6, 6.07) is 20.2. The van der Waals surface area contributed by atoms with Crippen LogP contribution in [0, 0.1) is 13.8 Å². The molecule has 0 saturated carbocycles. The minimum absolute atomic E-state index is 0.0572. The van der Waals surface area contributed by atoms with E-state index in [2.05, 4.69) is 5.32 Å². The van der Waals surface area contributed by atoms with Crippen LogP contribution in [0.3, 0.4) is 0 Å². The van der Waals surface area contributed by atoms with Gasteiger partial charge in [-0.25, -0.2) is 8.42 Å². The number of unbranched alkanes of at least 4 members (excludes halogenated alkanes) is 1. The van der Waals surface area contributed by atoms with Crippen molar-refractivity contribution in [1.29, 1.82) is 0 Å². The number of nitrogens with zero attached hydrogens (tertiary/aromatic N) is 2. The molecule has 2 amide bonds. The molecule has 3 aromatic rings. The van der Waals surface area contributed by atoms with Gasteiger partial charge in [-0.15, -0.1) is 0 Å². The van der Waals surface area contributed by atoms with Gasteiger partial charge >= 0.3 is 0 Å². The second kappa shape index (κ2) is 15.4. The summed E-state index contributed by atoms with van der Waals surface area (Å²) in [7, 11) is -4.18. The molecule has 1 atom stereocenters. The number of hydrogen-bond donors (Lipinski definition) is 1. The molecule has 0 aliphatic rings. The van der Waals surface area contributed by atoms with Gasteiger partial charge in [-0.2, -0.15) is 0 Å². The minimum Gasteiger partial charge on any atom is -0.492 e. The zero-order valence-electron chi connectivity index (χ0n) is 25.3. The molecular weight excluding hydrogens is 550 g/mol. The summed E-state index contributed by atoms with van der Waals surface area (Å²) in [5, 5.41) is 2.95. The van der Waals surface area contributed by atoms with Crippen molar-refractivity contribution >= 4 is 27.5 Å². The first-order valence-electron chi connectivity index (χ1n) is 14.6. The normalized spacial score (nSPS) is 11.9. The predicted molar refractivity (Wildman–Crippen MR) is 167 cm³/mol. The molecule has 0 aromatic heterocycles. The molecule has 0 radical (unpaired) electrons. The van der Waals surface area contributed by atoms with E-state index in [0.29, 0.717) is 25.3 Å². The average Bonchev–Trinajstić information content (AvgIpc) is 2.96. The monoisotopic (exact) mass is 593 g/mol. The fourth-order valence-corrected chi connectivity index (χ4v) is 6.15. The summed E-state index contributed by atoms with van der Waals surface area (Å²) in [6.45, 7) is 10.0. The van der Waals surface area contributed by atoms with Crippen molar-refractivity contribution in [3.8, 4) is 5.75 Å². The van der Waals surface area contributed by atoms with Crippen LogP contribution in [0.5, 0.6) is 5.75 Å². The van der Waals surface area contributed by atoms with Crippen LogP contribution in [0.25, 0.3) is 0 Å². The second-order valence-corrected chi connectivity index (χ2v) is 12.2. The lowest BCUT2D eigenvalue weighted by Gasteiger charge is -2.33. The van der Waals surface area contributed by atoms with Gasteiger partial charge in [-0.1, -0.05) is 79.9 Å². The highest BCUT2D eigenvalue weighted by Crippen LogP contribution is 2.33. The molecule has 9 heteroatoms. The van der Waals surface area contributed by atoms with Crippen molar-refractivity contribution in [2.24, 2.45) is 0 Å². The highest BCUT2D eigenvalue weighted by molar-refractivity contribution is 7.92. The lowest BCUT2D eigenvalue weighted by Crippen LogP contribution is -2.52. The lowest BCUT2D eigenvalue weighted by molar-refractivity contribution is -0.140. The fraction of sp³-hybridized carbons (Fsp3) is 0.394. The topological polar surface area (TPSA) is 96.0 Å². The summed E-state index contributed by atoms with van der Waals surface area (Å²) in [6.07, 6.45) is 2.12. The Hall–Kier alpha value is -3.85. The Balaban J connectivity index is 2.09. The van der Waals surface area contributed by atoms with E-state index in [4.69, 9.17) is 4.74 Å². The Morgan fingerprint density at radius 2 is 1.62 bits per heavy atom. The largest absolute Gasteiger partial charge is 0.492 e. The van der Waals surface area contributed by atoms with Crippen LogP contribution in [-0.2, 0) is 26.2 Å². The first-order chi connectivity index (χ1) is 20.1. The second-order valence-electron chi connectivity index (χ2n) is 10.3. The molecule has 226 valence electrons.